The number of terminal acetylenes is 1. The molecule has 0 aliphatic heterocycles. The molecule has 0 saturated heterocycles. The monoisotopic (exact) mass is 272 g/mol. The normalized spacial score (nSPS) is 9.85. The smallest absolute Gasteiger partial charge is 0.257 e. The van der Waals surface area contributed by atoms with Gasteiger partial charge in [0.25, 0.3) is 5.91 Å². The van der Waals surface area contributed by atoms with Crippen LogP contribution in [0.4, 0.5) is 20.2 Å². The van der Waals surface area contributed by atoms with Crippen LogP contribution in [-0.4, -0.2) is 5.91 Å². The zero-order chi connectivity index (χ0) is 14.7. The van der Waals surface area contributed by atoms with Gasteiger partial charge in [0.05, 0.1) is 5.56 Å². The summed E-state index contributed by atoms with van der Waals surface area (Å²) in [6, 6.07) is 8.08. The van der Waals surface area contributed by atoms with Gasteiger partial charge in [-0.25, -0.2) is 8.78 Å². The van der Waals surface area contributed by atoms with Crippen LogP contribution in [0, 0.1) is 24.0 Å². The van der Waals surface area contributed by atoms with Gasteiger partial charge in [-0.3, -0.25) is 4.79 Å². The maximum absolute atomic E-state index is 13.1. The first kappa shape index (κ1) is 13.6. The van der Waals surface area contributed by atoms with E-state index in [0.29, 0.717) is 11.3 Å². The van der Waals surface area contributed by atoms with E-state index in [-0.39, 0.29) is 11.3 Å². The van der Waals surface area contributed by atoms with Crippen LogP contribution in [0.15, 0.2) is 36.4 Å². The average molecular weight is 272 g/mol. The van der Waals surface area contributed by atoms with Crippen molar-refractivity contribution >= 4 is 17.3 Å². The predicted molar refractivity (Wildman–Crippen MR) is 73.1 cm³/mol. The summed E-state index contributed by atoms with van der Waals surface area (Å²) in [5.41, 5.74) is 6.24. The van der Waals surface area contributed by atoms with E-state index in [1.54, 1.807) is 24.3 Å². The van der Waals surface area contributed by atoms with Crippen LogP contribution in [0.25, 0.3) is 0 Å². The fourth-order valence-electron chi connectivity index (χ4n) is 1.64. The SMILES string of the molecule is C#Cc1cccc(NC(=O)c2cc(F)c(F)cc2N)c1. The highest BCUT2D eigenvalue weighted by Gasteiger charge is 2.14. The third-order valence-electron chi connectivity index (χ3n) is 2.62. The second-order valence-electron chi connectivity index (χ2n) is 4.03. The fourth-order valence-corrected chi connectivity index (χ4v) is 1.64. The number of anilines is 2. The van der Waals surface area contributed by atoms with Crippen LogP contribution in [0.2, 0.25) is 0 Å². The molecule has 5 heteroatoms. The molecule has 100 valence electrons. The summed E-state index contributed by atoms with van der Waals surface area (Å²) in [7, 11) is 0. The Morgan fingerprint density at radius 1 is 1.20 bits per heavy atom. The van der Waals surface area contributed by atoms with Crippen molar-refractivity contribution < 1.29 is 13.6 Å². The van der Waals surface area contributed by atoms with E-state index in [0.717, 1.165) is 12.1 Å². The standard InChI is InChI=1S/C15H10F2N2O/c1-2-9-4-3-5-10(6-9)19-15(20)11-7-12(16)13(17)8-14(11)18/h1,3-8H,18H2,(H,19,20). The van der Waals surface area contributed by atoms with Gasteiger partial charge in [0.15, 0.2) is 11.6 Å². The van der Waals surface area contributed by atoms with Crippen LogP contribution in [0.5, 0.6) is 0 Å². The van der Waals surface area contributed by atoms with Crippen molar-refractivity contribution in [3.8, 4) is 12.3 Å². The third kappa shape index (κ3) is 2.75. The Balaban J connectivity index is 2.28. The zero-order valence-corrected chi connectivity index (χ0v) is 10.3. The molecule has 1 amide bonds. The molecule has 0 radical (unpaired) electrons. The minimum absolute atomic E-state index is 0.144. The van der Waals surface area contributed by atoms with Crippen molar-refractivity contribution in [3.63, 3.8) is 0 Å². The highest BCUT2D eigenvalue weighted by Crippen LogP contribution is 2.19. The number of halogens is 2. The summed E-state index contributed by atoms with van der Waals surface area (Å²) in [5.74, 6) is -0.461. The number of hydrogen-bond acceptors (Lipinski definition) is 2. The van der Waals surface area contributed by atoms with Crippen LogP contribution in [0.3, 0.4) is 0 Å². The first-order chi connectivity index (χ1) is 9.51. The summed E-state index contributed by atoms with van der Waals surface area (Å²) in [4.78, 5) is 12.0. The number of nitrogen functional groups attached to an aromatic ring is 1. The second-order valence-corrected chi connectivity index (χ2v) is 4.03. The molecular weight excluding hydrogens is 262 g/mol. The van der Waals surface area contributed by atoms with Crippen LogP contribution < -0.4 is 11.1 Å². The van der Waals surface area contributed by atoms with Crippen LogP contribution in [0.1, 0.15) is 15.9 Å². The summed E-state index contributed by atoms with van der Waals surface area (Å²) in [5, 5.41) is 2.52. The minimum atomic E-state index is -1.14. The van der Waals surface area contributed by atoms with Crippen molar-refractivity contribution in [3.05, 3.63) is 59.2 Å². The second kappa shape index (κ2) is 5.41. The largest absolute Gasteiger partial charge is 0.398 e. The van der Waals surface area contributed by atoms with Crippen molar-refractivity contribution in [1.82, 2.24) is 0 Å². The lowest BCUT2D eigenvalue weighted by molar-refractivity contribution is 0.102. The van der Waals surface area contributed by atoms with Crippen molar-refractivity contribution in [2.45, 2.75) is 0 Å². The average Bonchev–Trinajstić information content (AvgIpc) is 2.43. The van der Waals surface area contributed by atoms with E-state index >= 15 is 0 Å². The number of rotatable bonds is 2. The minimum Gasteiger partial charge on any atom is -0.398 e. The molecule has 3 N–H and O–H groups in total. The number of hydrogen-bond donors (Lipinski definition) is 2. The Morgan fingerprint density at radius 3 is 2.60 bits per heavy atom. The summed E-state index contributed by atoms with van der Waals surface area (Å²) < 4.78 is 26.1. The molecule has 0 saturated carbocycles. The molecule has 0 heterocycles. The Bertz CT molecular complexity index is 720. The van der Waals surface area contributed by atoms with Crippen molar-refractivity contribution in [2.75, 3.05) is 11.1 Å². The summed E-state index contributed by atoms with van der Waals surface area (Å²) in [6.45, 7) is 0. The van der Waals surface area contributed by atoms with E-state index in [4.69, 9.17) is 12.2 Å². The molecule has 3 nitrogen and oxygen atoms in total. The fraction of sp³-hybridized carbons (Fsp3) is 0. The van der Waals surface area contributed by atoms with E-state index in [1.165, 1.54) is 0 Å². The van der Waals surface area contributed by atoms with E-state index in [1.807, 2.05) is 0 Å². The maximum atomic E-state index is 13.1. The number of benzene rings is 2. The maximum Gasteiger partial charge on any atom is 0.257 e. The molecule has 20 heavy (non-hydrogen) atoms. The van der Waals surface area contributed by atoms with Gasteiger partial charge in [-0.1, -0.05) is 12.0 Å². The highest BCUT2D eigenvalue weighted by molar-refractivity contribution is 6.07. The Labute approximate surface area is 114 Å². The predicted octanol–water partition coefficient (Wildman–Crippen LogP) is 2.78. The molecule has 0 spiro atoms. The molecule has 2 aromatic rings. The Kier molecular flexibility index (Phi) is 3.67. The molecule has 0 aliphatic rings. The quantitative estimate of drug-likeness (QED) is 0.652. The number of carbonyl (C=O) groups is 1. The van der Waals surface area contributed by atoms with Crippen LogP contribution in [-0.2, 0) is 0 Å². The van der Waals surface area contributed by atoms with E-state index in [9.17, 15) is 13.6 Å². The van der Waals surface area contributed by atoms with Gasteiger partial charge in [-0.05, 0) is 24.3 Å². The lowest BCUT2D eigenvalue weighted by Gasteiger charge is -2.08. The molecule has 0 aliphatic carbocycles. The number of amides is 1. The Hall–Kier alpha value is -2.87. The molecule has 0 unspecified atom stereocenters. The van der Waals surface area contributed by atoms with Gasteiger partial charge < -0.3 is 11.1 Å². The van der Waals surface area contributed by atoms with Crippen LogP contribution >= 0.6 is 0 Å². The molecule has 0 fully saturated rings. The van der Waals surface area contributed by atoms with E-state index < -0.39 is 17.5 Å². The van der Waals surface area contributed by atoms with Gasteiger partial charge in [0.2, 0.25) is 0 Å². The zero-order valence-electron chi connectivity index (χ0n) is 10.3. The molecule has 2 rings (SSSR count). The van der Waals surface area contributed by atoms with Gasteiger partial charge in [-0.2, -0.15) is 0 Å². The summed E-state index contributed by atoms with van der Waals surface area (Å²) in [6.07, 6.45) is 5.25. The van der Waals surface area contributed by atoms with Gasteiger partial charge in [0.1, 0.15) is 0 Å². The molecule has 2 aromatic carbocycles. The number of nitrogens with one attached hydrogen (secondary N) is 1. The van der Waals surface area contributed by atoms with Crippen molar-refractivity contribution in [1.29, 1.82) is 0 Å². The third-order valence-corrected chi connectivity index (χ3v) is 2.62. The lowest BCUT2D eigenvalue weighted by Crippen LogP contribution is -2.15. The Morgan fingerprint density at radius 2 is 1.90 bits per heavy atom. The first-order valence-electron chi connectivity index (χ1n) is 5.64. The summed E-state index contributed by atoms with van der Waals surface area (Å²) >= 11 is 0. The molecular formula is C15H10F2N2O. The topological polar surface area (TPSA) is 55.1 Å². The van der Waals surface area contributed by atoms with Gasteiger partial charge in [-0.15, -0.1) is 6.42 Å². The van der Waals surface area contributed by atoms with Crippen molar-refractivity contribution in [2.24, 2.45) is 0 Å². The molecule has 0 aromatic heterocycles. The lowest BCUT2D eigenvalue weighted by atomic mass is 10.1. The van der Waals surface area contributed by atoms with Gasteiger partial charge in [0, 0.05) is 23.0 Å². The highest BCUT2D eigenvalue weighted by atomic mass is 19.2. The number of nitrogens with two attached hydrogens (primary N) is 1. The molecule has 0 bridgehead atoms. The van der Waals surface area contributed by atoms with Gasteiger partial charge >= 0.3 is 0 Å². The molecule has 0 atom stereocenters. The number of carbonyl (C=O) groups excluding carboxylic acids is 1. The first-order valence-corrected chi connectivity index (χ1v) is 5.64. The van der Waals surface area contributed by atoms with E-state index in [2.05, 4.69) is 11.2 Å².